The van der Waals surface area contributed by atoms with E-state index in [0.29, 0.717) is 17.7 Å². The van der Waals surface area contributed by atoms with Crippen LogP contribution in [0.3, 0.4) is 0 Å². The molecule has 0 aliphatic heterocycles. The second-order valence-corrected chi connectivity index (χ2v) is 4.86. The van der Waals surface area contributed by atoms with Crippen LogP contribution in [0.15, 0.2) is 48.5 Å². The van der Waals surface area contributed by atoms with E-state index in [2.05, 4.69) is 4.74 Å². The maximum absolute atomic E-state index is 13.2. The lowest BCUT2D eigenvalue weighted by molar-refractivity contribution is 0.0600. The molecule has 5 heteroatoms. The molecule has 0 radical (unpaired) electrons. The van der Waals surface area contributed by atoms with Crippen LogP contribution in [0.5, 0.6) is 0 Å². The van der Waals surface area contributed by atoms with Gasteiger partial charge in [0.05, 0.1) is 12.7 Å². The number of halogens is 1. The van der Waals surface area contributed by atoms with Crippen LogP contribution in [0.4, 0.5) is 4.39 Å². The van der Waals surface area contributed by atoms with Crippen LogP contribution >= 0.6 is 0 Å². The first-order chi connectivity index (χ1) is 10.5. The molecule has 0 aliphatic rings. The molecule has 2 aromatic rings. The predicted molar refractivity (Wildman–Crippen MR) is 80.0 cm³/mol. The molecule has 0 unspecified atom stereocenters. The maximum Gasteiger partial charge on any atom is 0.337 e. The number of carbonyl (C=O) groups excluding carboxylic acids is 2. The van der Waals surface area contributed by atoms with Crippen molar-refractivity contribution in [3.05, 3.63) is 71.0 Å². The summed E-state index contributed by atoms with van der Waals surface area (Å²) in [4.78, 5) is 25.0. The van der Waals surface area contributed by atoms with Gasteiger partial charge in [0.2, 0.25) is 0 Å². The van der Waals surface area contributed by atoms with Crippen molar-refractivity contribution in [3.63, 3.8) is 0 Å². The molecule has 0 saturated heterocycles. The Bertz CT molecular complexity index is 683. The Balaban J connectivity index is 2.06. The molecular weight excluding hydrogens is 285 g/mol. The Labute approximate surface area is 128 Å². The van der Waals surface area contributed by atoms with Crippen LogP contribution in [-0.4, -0.2) is 30.9 Å². The van der Waals surface area contributed by atoms with Crippen LogP contribution in [0.25, 0.3) is 0 Å². The zero-order valence-corrected chi connectivity index (χ0v) is 12.4. The van der Waals surface area contributed by atoms with E-state index in [9.17, 15) is 14.0 Å². The molecule has 0 heterocycles. The smallest absolute Gasteiger partial charge is 0.337 e. The van der Waals surface area contributed by atoms with Gasteiger partial charge in [-0.3, -0.25) is 4.79 Å². The number of rotatable bonds is 4. The molecule has 1 amide bonds. The molecule has 0 aromatic heterocycles. The van der Waals surface area contributed by atoms with Gasteiger partial charge in [-0.15, -0.1) is 0 Å². The normalized spacial score (nSPS) is 10.1. The van der Waals surface area contributed by atoms with Crippen molar-refractivity contribution in [3.8, 4) is 0 Å². The van der Waals surface area contributed by atoms with Crippen LogP contribution in [-0.2, 0) is 11.3 Å². The van der Waals surface area contributed by atoms with Crippen molar-refractivity contribution >= 4 is 11.9 Å². The van der Waals surface area contributed by atoms with E-state index in [1.807, 2.05) is 0 Å². The van der Waals surface area contributed by atoms with Gasteiger partial charge in [0.1, 0.15) is 5.82 Å². The minimum Gasteiger partial charge on any atom is -0.465 e. The lowest BCUT2D eigenvalue weighted by Gasteiger charge is -2.17. The number of amides is 1. The monoisotopic (exact) mass is 301 g/mol. The van der Waals surface area contributed by atoms with Gasteiger partial charge < -0.3 is 9.64 Å². The van der Waals surface area contributed by atoms with E-state index in [4.69, 9.17) is 0 Å². The quantitative estimate of drug-likeness (QED) is 0.816. The number of esters is 1. The zero-order valence-electron chi connectivity index (χ0n) is 12.4. The summed E-state index contributed by atoms with van der Waals surface area (Å²) in [7, 11) is 2.96. The number of nitrogens with zero attached hydrogens (tertiary/aromatic N) is 1. The average Bonchev–Trinajstić information content (AvgIpc) is 2.54. The molecule has 22 heavy (non-hydrogen) atoms. The highest BCUT2D eigenvalue weighted by atomic mass is 19.1. The van der Waals surface area contributed by atoms with E-state index in [1.165, 1.54) is 30.2 Å². The highest BCUT2D eigenvalue weighted by Gasteiger charge is 2.13. The number of carbonyl (C=O) groups is 2. The third kappa shape index (κ3) is 3.69. The summed E-state index contributed by atoms with van der Waals surface area (Å²) in [5.41, 5.74) is 1.61. The first-order valence-corrected chi connectivity index (χ1v) is 6.69. The molecule has 2 rings (SSSR count). The Morgan fingerprint density at radius 2 is 1.77 bits per heavy atom. The van der Waals surface area contributed by atoms with E-state index in [-0.39, 0.29) is 5.91 Å². The van der Waals surface area contributed by atoms with Gasteiger partial charge in [-0.2, -0.15) is 0 Å². The molecule has 0 bridgehead atoms. The van der Waals surface area contributed by atoms with Gasteiger partial charge in [0.15, 0.2) is 0 Å². The number of hydrogen-bond acceptors (Lipinski definition) is 3. The highest BCUT2D eigenvalue weighted by Crippen LogP contribution is 2.11. The second-order valence-electron chi connectivity index (χ2n) is 4.86. The Kier molecular flexibility index (Phi) is 4.88. The molecule has 2 aromatic carbocycles. The molecule has 114 valence electrons. The molecule has 0 fully saturated rings. The molecule has 0 saturated carbocycles. The molecular formula is C17H16FNO3. The lowest BCUT2D eigenvalue weighted by atomic mass is 10.1. The van der Waals surface area contributed by atoms with Crippen LogP contribution in [0.2, 0.25) is 0 Å². The van der Waals surface area contributed by atoms with E-state index >= 15 is 0 Å². The van der Waals surface area contributed by atoms with Gasteiger partial charge in [-0.1, -0.05) is 18.2 Å². The molecule has 0 atom stereocenters. The van der Waals surface area contributed by atoms with Crippen LogP contribution < -0.4 is 0 Å². The fourth-order valence-electron chi connectivity index (χ4n) is 2.05. The lowest BCUT2D eigenvalue weighted by Crippen LogP contribution is -2.26. The predicted octanol–water partition coefficient (Wildman–Crippen LogP) is 2.88. The zero-order chi connectivity index (χ0) is 16.1. The van der Waals surface area contributed by atoms with E-state index < -0.39 is 11.8 Å². The van der Waals surface area contributed by atoms with Crippen LogP contribution in [0, 0.1) is 5.82 Å². The Hall–Kier alpha value is -2.69. The van der Waals surface area contributed by atoms with E-state index in [0.717, 1.165) is 5.56 Å². The third-order valence-electron chi connectivity index (χ3n) is 3.21. The summed E-state index contributed by atoms with van der Waals surface area (Å²) in [5.74, 6) is -1.12. The van der Waals surface area contributed by atoms with Crippen molar-refractivity contribution in [2.75, 3.05) is 14.2 Å². The van der Waals surface area contributed by atoms with Gasteiger partial charge in [-0.05, 0) is 35.9 Å². The first kappa shape index (κ1) is 15.7. The summed E-state index contributed by atoms with van der Waals surface area (Å²) in [6.45, 7) is 0.358. The summed E-state index contributed by atoms with van der Waals surface area (Å²) in [5, 5.41) is 0. The summed E-state index contributed by atoms with van der Waals surface area (Å²) < 4.78 is 17.8. The van der Waals surface area contributed by atoms with Crippen molar-refractivity contribution in [2.45, 2.75) is 6.54 Å². The summed E-state index contributed by atoms with van der Waals surface area (Å²) in [6, 6.07) is 12.4. The van der Waals surface area contributed by atoms with Crippen molar-refractivity contribution in [1.82, 2.24) is 4.90 Å². The van der Waals surface area contributed by atoms with Gasteiger partial charge in [-0.25, -0.2) is 9.18 Å². The molecule has 0 N–H and O–H groups in total. The third-order valence-corrected chi connectivity index (χ3v) is 3.21. The van der Waals surface area contributed by atoms with Crippen molar-refractivity contribution < 1.29 is 18.7 Å². The fourth-order valence-corrected chi connectivity index (χ4v) is 2.05. The standard InChI is InChI=1S/C17H16FNO3/c1-19(16(20)14-4-3-5-15(18)10-14)11-12-6-8-13(9-7-12)17(21)22-2/h3-10H,11H2,1-2H3. The number of ether oxygens (including phenoxy) is 1. The first-order valence-electron chi connectivity index (χ1n) is 6.69. The summed E-state index contributed by atoms with van der Waals surface area (Å²) >= 11 is 0. The minimum atomic E-state index is -0.443. The molecule has 4 nitrogen and oxygen atoms in total. The number of hydrogen-bond donors (Lipinski definition) is 0. The average molecular weight is 301 g/mol. The topological polar surface area (TPSA) is 46.6 Å². The number of benzene rings is 2. The largest absolute Gasteiger partial charge is 0.465 e. The Morgan fingerprint density at radius 3 is 2.36 bits per heavy atom. The van der Waals surface area contributed by atoms with E-state index in [1.54, 1.807) is 37.4 Å². The van der Waals surface area contributed by atoms with Crippen LogP contribution in [0.1, 0.15) is 26.3 Å². The Morgan fingerprint density at radius 1 is 1.09 bits per heavy atom. The number of methoxy groups -OCH3 is 1. The summed E-state index contributed by atoms with van der Waals surface area (Å²) in [6.07, 6.45) is 0. The highest BCUT2D eigenvalue weighted by molar-refractivity contribution is 5.94. The van der Waals surface area contributed by atoms with Crippen molar-refractivity contribution in [2.24, 2.45) is 0 Å². The maximum atomic E-state index is 13.2. The molecule has 0 spiro atoms. The minimum absolute atomic E-state index is 0.267. The van der Waals surface area contributed by atoms with Crippen molar-refractivity contribution in [1.29, 1.82) is 0 Å². The fraction of sp³-hybridized carbons (Fsp3) is 0.176. The van der Waals surface area contributed by atoms with Gasteiger partial charge in [0.25, 0.3) is 5.91 Å². The second kappa shape index (κ2) is 6.85. The SMILES string of the molecule is COC(=O)c1ccc(CN(C)C(=O)c2cccc(F)c2)cc1. The van der Waals surface area contributed by atoms with Gasteiger partial charge in [0, 0.05) is 19.2 Å². The molecule has 0 aliphatic carbocycles. The van der Waals surface area contributed by atoms with Gasteiger partial charge >= 0.3 is 5.97 Å².